The maximum absolute atomic E-state index is 2.49. The number of nitrogens with zero attached hydrogens (tertiary/aromatic N) is 2. The summed E-state index contributed by atoms with van der Waals surface area (Å²) in [6.07, 6.45) is 0. The minimum Gasteiger partial charge on any atom is -0.310 e. The molecule has 0 unspecified atom stereocenters. The average molecular weight is 805 g/mol. The Kier molecular flexibility index (Phi) is 8.72. The second-order valence-corrected chi connectivity index (χ2v) is 17.2. The van der Waals surface area contributed by atoms with Crippen molar-refractivity contribution < 1.29 is 0 Å². The normalized spacial score (nSPS) is 11.8. The van der Waals surface area contributed by atoms with Crippen molar-refractivity contribution in [2.75, 3.05) is 9.80 Å². The summed E-state index contributed by atoms with van der Waals surface area (Å²) in [6.45, 7) is 4.59. The van der Waals surface area contributed by atoms with Gasteiger partial charge in [-0.25, -0.2) is 0 Å². The Balaban J connectivity index is 1.18. The van der Waals surface area contributed by atoms with E-state index < -0.39 is 0 Å². The standard InChI is InChI=1S/C61H44N2/c1-40(2)45-27-32-55-58-38-60(62(50-28-23-41-13-3-7-17-46(41)33-50)51-29-24-42-14-4-8-18-47(42)34-51)56-22-12-11-21-54(56)57(58)39-61(59(55)37-45)63(52-30-25-43-15-5-9-19-48(43)35-52)53-31-26-44-16-6-10-20-49(44)36-53/h3-40H,1-2H3. The molecule has 12 rings (SSSR count). The Labute approximate surface area is 367 Å². The van der Waals surface area contributed by atoms with Crippen LogP contribution in [0.3, 0.4) is 0 Å². The topological polar surface area (TPSA) is 6.48 Å². The molecule has 0 saturated carbocycles. The first kappa shape index (κ1) is 36.9. The zero-order valence-corrected chi connectivity index (χ0v) is 35.3. The molecule has 298 valence electrons. The Morgan fingerprint density at radius 2 is 0.587 bits per heavy atom. The fraction of sp³-hybridized carbons (Fsp3) is 0.0492. The lowest BCUT2D eigenvalue weighted by Gasteiger charge is -2.30. The van der Waals surface area contributed by atoms with E-state index in [1.165, 1.54) is 81.0 Å². The Morgan fingerprint density at radius 3 is 0.984 bits per heavy atom. The molecular weight excluding hydrogens is 761 g/mol. The summed E-state index contributed by atoms with van der Waals surface area (Å²) >= 11 is 0. The molecule has 2 heteroatoms. The summed E-state index contributed by atoms with van der Waals surface area (Å²) in [7, 11) is 0. The van der Waals surface area contributed by atoms with Crippen molar-refractivity contribution in [2.24, 2.45) is 0 Å². The molecule has 0 aromatic heterocycles. The zero-order valence-electron chi connectivity index (χ0n) is 35.3. The van der Waals surface area contributed by atoms with Gasteiger partial charge in [0, 0.05) is 33.5 Å². The van der Waals surface area contributed by atoms with E-state index in [2.05, 4.69) is 248 Å². The molecule has 0 spiro atoms. The number of fused-ring (bicyclic) bond motifs is 9. The highest BCUT2D eigenvalue weighted by Gasteiger charge is 2.23. The fourth-order valence-electron chi connectivity index (χ4n) is 9.83. The number of rotatable bonds is 7. The molecule has 0 N–H and O–H groups in total. The van der Waals surface area contributed by atoms with Gasteiger partial charge in [0.05, 0.1) is 11.4 Å². The van der Waals surface area contributed by atoms with Gasteiger partial charge in [-0.05, 0) is 143 Å². The lowest BCUT2D eigenvalue weighted by molar-refractivity contribution is 0.869. The smallest absolute Gasteiger partial charge is 0.0546 e. The van der Waals surface area contributed by atoms with Crippen LogP contribution in [-0.2, 0) is 0 Å². The minimum atomic E-state index is 0.358. The van der Waals surface area contributed by atoms with Gasteiger partial charge in [0.2, 0.25) is 0 Å². The van der Waals surface area contributed by atoms with Crippen LogP contribution >= 0.6 is 0 Å². The molecule has 0 atom stereocenters. The highest BCUT2D eigenvalue weighted by molar-refractivity contribution is 6.25. The predicted molar refractivity (Wildman–Crippen MR) is 272 cm³/mol. The molecule has 0 aliphatic heterocycles. The number of benzene rings is 12. The minimum absolute atomic E-state index is 0.358. The summed E-state index contributed by atoms with van der Waals surface area (Å²) in [5.41, 5.74) is 8.11. The summed E-state index contributed by atoms with van der Waals surface area (Å²) in [4.78, 5) is 4.96. The second-order valence-electron chi connectivity index (χ2n) is 17.2. The van der Waals surface area contributed by atoms with Crippen molar-refractivity contribution in [2.45, 2.75) is 19.8 Å². The molecule has 0 saturated heterocycles. The van der Waals surface area contributed by atoms with E-state index >= 15 is 0 Å². The van der Waals surface area contributed by atoms with E-state index in [1.54, 1.807) is 0 Å². The lowest BCUT2D eigenvalue weighted by atomic mass is 9.91. The van der Waals surface area contributed by atoms with Crippen LogP contribution < -0.4 is 9.80 Å². The molecule has 0 aliphatic rings. The second kappa shape index (κ2) is 14.9. The molecule has 0 fully saturated rings. The highest BCUT2D eigenvalue weighted by Crippen LogP contribution is 2.49. The Bertz CT molecular complexity index is 3590. The maximum atomic E-state index is 2.49. The lowest BCUT2D eigenvalue weighted by Crippen LogP contribution is -2.12. The van der Waals surface area contributed by atoms with E-state index in [-0.39, 0.29) is 0 Å². The van der Waals surface area contributed by atoms with E-state index in [9.17, 15) is 0 Å². The van der Waals surface area contributed by atoms with Crippen LogP contribution in [0, 0.1) is 0 Å². The van der Waals surface area contributed by atoms with Crippen molar-refractivity contribution in [3.05, 3.63) is 230 Å². The van der Waals surface area contributed by atoms with Crippen molar-refractivity contribution in [1.29, 1.82) is 0 Å². The quantitative estimate of drug-likeness (QED) is 0.148. The third kappa shape index (κ3) is 6.34. The molecule has 12 aromatic carbocycles. The van der Waals surface area contributed by atoms with Crippen LogP contribution in [-0.4, -0.2) is 0 Å². The van der Waals surface area contributed by atoms with Crippen LogP contribution in [0.5, 0.6) is 0 Å². The molecule has 0 aliphatic carbocycles. The number of hydrogen-bond donors (Lipinski definition) is 0. The van der Waals surface area contributed by atoms with Crippen LogP contribution in [0.15, 0.2) is 224 Å². The van der Waals surface area contributed by atoms with E-state index in [0.29, 0.717) is 5.92 Å². The maximum Gasteiger partial charge on any atom is 0.0546 e. The first-order valence-electron chi connectivity index (χ1n) is 22.0. The average Bonchev–Trinajstić information content (AvgIpc) is 3.34. The van der Waals surface area contributed by atoms with Gasteiger partial charge >= 0.3 is 0 Å². The van der Waals surface area contributed by atoms with Crippen molar-refractivity contribution in [3.63, 3.8) is 0 Å². The van der Waals surface area contributed by atoms with Gasteiger partial charge in [0.25, 0.3) is 0 Å². The largest absolute Gasteiger partial charge is 0.310 e. The van der Waals surface area contributed by atoms with Crippen molar-refractivity contribution in [1.82, 2.24) is 0 Å². The van der Waals surface area contributed by atoms with Gasteiger partial charge in [-0.1, -0.05) is 172 Å². The van der Waals surface area contributed by atoms with Gasteiger partial charge < -0.3 is 9.80 Å². The molecule has 0 radical (unpaired) electrons. The van der Waals surface area contributed by atoms with Gasteiger partial charge in [-0.3, -0.25) is 0 Å². The summed E-state index contributed by atoms with van der Waals surface area (Å²) < 4.78 is 0. The van der Waals surface area contributed by atoms with E-state index in [4.69, 9.17) is 0 Å². The van der Waals surface area contributed by atoms with Gasteiger partial charge in [0.1, 0.15) is 0 Å². The third-order valence-electron chi connectivity index (χ3n) is 13.1. The van der Waals surface area contributed by atoms with Gasteiger partial charge in [-0.15, -0.1) is 0 Å². The first-order chi connectivity index (χ1) is 31.0. The number of hydrogen-bond acceptors (Lipinski definition) is 2. The van der Waals surface area contributed by atoms with E-state index in [1.807, 2.05) is 0 Å². The monoisotopic (exact) mass is 804 g/mol. The molecule has 63 heavy (non-hydrogen) atoms. The van der Waals surface area contributed by atoms with Crippen LogP contribution in [0.1, 0.15) is 25.3 Å². The Morgan fingerprint density at radius 1 is 0.254 bits per heavy atom. The predicted octanol–water partition coefficient (Wildman–Crippen LogP) is 17.8. The fourth-order valence-corrected chi connectivity index (χ4v) is 9.83. The molecule has 0 bridgehead atoms. The van der Waals surface area contributed by atoms with Crippen molar-refractivity contribution >= 4 is 110 Å². The molecular formula is C61H44N2. The summed E-state index contributed by atoms with van der Waals surface area (Å²) in [6, 6.07) is 83.3. The van der Waals surface area contributed by atoms with Gasteiger partial charge in [0.15, 0.2) is 0 Å². The molecule has 12 aromatic rings. The molecule has 2 nitrogen and oxygen atoms in total. The summed E-state index contributed by atoms with van der Waals surface area (Å²) in [5, 5.41) is 17.1. The van der Waals surface area contributed by atoms with E-state index in [0.717, 1.165) is 34.1 Å². The summed E-state index contributed by atoms with van der Waals surface area (Å²) in [5.74, 6) is 0.358. The first-order valence-corrected chi connectivity index (χ1v) is 22.0. The molecule has 0 amide bonds. The van der Waals surface area contributed by atoms with Crippen LogP contribution in [0.4, 0.5) is 34.1 Å². The van der Waals surface area contributed by atoms with Crippen molar-refractivity contribution in [3.8, 4) is 0 Å². The highest BCUT2D eigenvalue weighted by atomic mass is 15.2. The molecule has 0 heterocycles. The van der Waals surface area contributed by atoms with Crippen LogP contribution in [0.25, 0.3) is 75.4 Å². The van der Waals surface area contributed by atoms with Crippen LogP contribution in [0.2, 0.25) is 0 Å². The SMILES string of the molecule is CC(C)c1ccc2c(c1)c(N(c1ccc3ccccc3c1)c1ccc3ccccc3c1)cc1c3ccccc3c(N(c3ccc4ccccc4c3)c3ccc4ccccc4c3)cc21. The number of anilines is 6. The van der Waals surface area contributed by atoms with Gasteiger partial charge in [-0.2, -0.15) is 0 Å². The Hall–Kier alpha value is -7.94. The zero-order chi connectivity index (χ0) is 42.0. The third-order valence-corrected chi connectivity index (χ3v) is 13.1.